The Labute approximate surface area is 112 Å². The molecule has 0 atom stereocenters. The number of carbonyl (C=O) groups is 2. The molecule has 0 rings (SSSR count). The van der Waals surface area contributed by atoms with Gasteiger partial charge < -0.3 is 9.47 Å². The molecule has 0 fully saturated rings. The molecule has 4 nitrogen and oxygen atoms in total. The third-order valence-electron chi connectivity index (χ3n) is 2.42. The van der Waals surface area contributed by atoms with Crippen molar-refractivity contribution >= 4 is 22.8 Å². The Morgan fingerprint density at radius 1 is 1.00 bits per heavy atom. The third kappa shape index (κ3) is 4.72. The molecule has 0 heterocycles. The quantitative estimate of drug-likeness (QED) is 0.257. The molecule has 0 aromatic heterocycles. The van der Waals surface area contributed by atoms with Crippen molar-refractivity contribution in [3.63, 3.8) is 0 Å². The van der Waals surface area contributed by atoms with Crippen LogP contribution in [0, 0.1) is 5.41 Å². The van der Waals surface area contributed by atoms with E-state index in [1.807, 2.05) is 20.8 Å². The maximum absolute atomic E-state index is 11.8. The predicted molar refractivity (Wildman–Crippen MR) is 74.6 cm³/mol. The lowest BCUT2D eigenvalue weighted by Gasteiger charge is -2.23. The van der Waals surface area contributed by atoms with Gasteiger partial charge in [0, 0.05) is 5.57 Å². The first-order chi connectivity index (χ1) is 8.15. The molecule has 0 radical (unpaired) electrons. The zero-order valence-electron chi connectivity index (χ0n) is 12.2. The highest BCUT2D eigenvalue weighted by Crippen LogP contribution is 2.30. The molecule has 104 valence electrons. The molecule has 0 amide bonds. The fourth-order valence-electron chi connectivity index (χ4n) is 1.49. The molecular formula is C13H23O4S+. The van der Waals surface area contributed by atoms with E-state index >= 15 is 0 Å². The number of esters is 2. The van der Waals surface area contributed by atoms with Crippen molar-refractivity contribution in [3.05, 3.63) is 11.1 Å². The average Bonchev–Trinajstić information content (AvgIpc) is 2.25. The molecule has 0 aromatic rings. The number of carbonyl (C=O) groups excluding carboxylic acids is 2. The topological polar surface area (TPSA) is 52.6 Å². The van der Waals surface area contributed by atoms with Crippen LogP contribution in [0.2, 0.25) is 0 Å². The Morgan fingerprint density at radius 2 is 1.39 bits per heavy atom. The van der Waals surface area contributed by atoms with Crippen LogP contribution in [0.4, 0.5) is 0 Å². The average molecular weight is 275 g/mol. The summed E-state index contributed by atoms with van der Waals surface area (Å²) < 4.78 is 9.40. The minimum atomic E-state index is -0.628. The number of rotatable bonds is 4. The van der Waals surface area contributed by atoms with E-state index in [4.69, 9.17) is 9.47 Å². The van der Waals surface area contributed by atoms with E-state index in [-0.39, 0.29) is 21.9 Å². The van der Waals surface area contributed by atoms with Crippen molar-refractivity contribution in [2.75, 3.05) is 32.5 Å². The molecule has 0 aliphatic carbocycles. The van der Waals surface area contributed by atoms with Gasteiger partial charge >= 0.3 is 11.9 Å². The fraction of sp³-hybridized carbons (Fsp3) is 0.692. The van der Waals surface area contributed by atoms with Crippen LogP contribution >= 0.6 is 0 Å². The van der Waals surface area contributed by atoms with Gasteiger partial charge in [0.25, 0.3) is 0 Å². The second-order valence-corrected chi connectivity index (χ2v) is 7.48. The molecule has 0 spiro atoms. The summed E-state index contributed by atoms with van der Waals surface area (Å²) >= 11 is 0. The Balaban J connectivity index is 5.84. The van der Waals surface area contributed by atoms with Crippen LogP contribution in [0.5, 0.6) is 0 Å². The Hall–Kier alpha value is -0.970. The summed E-state index contributed by atoms with van der Waals surface area (Å²) in [4.78, 5) is 23.6. The Kier molecular flexibility index (Phi) is 6.46. The van der Waals surface area contributed by atoms with E-state index in [9.17, 15) is 9.59 Å². The zero-order chi connectivity index (χ0) is 14.5. The number of hydrogen-bond donors (Lipinski definition) is 0. The summed E-state index contributed by atoms with van der Waals surface area (Å²) in [5.74, 6) is -0.572. The van der Waals surface area contributed by atoms with Crippen molar-refractivity contribution in [2.45, 2.75) is 20.8 Å². The summed E-state index contributed by atoms with van der Waals surface area (Å²) in [6.07, 6.45) is 4.13. The van der Waals surface area contributed by atoms with E-state index in [1.54, 1.807) is 0 Å². The van der Waals surface area contributed by atoms with Crippen LogP contribution in [-0.4, -0.2) is 44.4 Å². The first-order valence-electron chi connectivity index (χ1n) is 5.59. The number of hydrogen-bond acceptors (Lipinski definition) is 4. The van der Waals surface area contributed by atoms with E-state index in [1.165, 1.54) is 14.2 Å². The summed E-state index contributed by atoms with van der Waals surface area (Å²) in [5, 5.41) is 0. The van der Waals surface area contributed by atoms with Crippen LogP contribution in [0.25, 0.3) is 0 Å². The third-order valence-corrected chi connectivity index (χ3v) is 3.29. The summed E-state index contributed by atoms with van der Waals surface area (Å²) in [6.45, 7) is 5.92. The van der Waals surface area contributed by atoms with Crippen LogP contribution in [-0.2, 0) is 30.0 Å². The molecular weight excluding hydrogens is 252 g/mol. The van der Waals surface area contributed by atoms with Gasteiger partial charge in [-0.15, -0.1) is 0 Å². The van der Waals surface area contributed by atoms with Crippen molar-refractivity contribution in [1.29, 1.82) is 0 Å². The van der Waals surface area contributed by atoms with Crippen molar-refractivity contribution in [3.8, 4) is 0 Å². The Morgan fingerprint density at radius 3 is 1.61 bits per heavy atom. The van der Waals surface area contributed by atoms with Gasteiger partial charge in [-0.2, -0.15) is 0 Å². The van der Waals surface area contributed by atoms with Gasteiger partial charge in [0.15, 0.2) is 0 Å². The molecule has 0 bridgehead atoms. The molecule has 0 saturated heterocycles. The molecule has 0 unspecified atom stereocenters. The molecule has 18 heavy (non-hydrogen) atoms. The normalized spacial score (nSPS) is 11.1. The van der Waals surface area contributed by atoms with Gasteiger partial charge in [0.05, 0.1) is 26.7 Å². The van der Waals surface area contributed by atoms with E-state index < -0.39 is 11.9 Å². The fourth-order valence-corrected chi connectivity index (χ4v) is 2.64. The van der Waals surface area contributed by atoms with Gasteiger partial charge in [0.1, 0.15) is 11.3 Å². The standard InChI is InChI=1S/C13H23O4S/c1-13(2,3)9(8-18(6)7)10(11(14)16-4)12(15)17-5/h8H2,1-7H3/q+1. The van der Waals surface area contributed by atoms with Crippen molar-refractivity contribution < 1.29 is 19.1 Å². The second kappa shape index (κ2) is 6.83. The Bertz CT molecular complexity index is 332. The molecule has 0 N–H and O–H groups in total. The number of ether oxygens (including phenoxy) is 2. The van der Waals surface area contributed by atoms with Crippen molar-refractivity contribution in [2.24, 2.45) is 5.41 Å². The minimum absolute atomic E-state index is 0.0358. The molecule has 0 aliphatic heterocycles. The summed E-state index contributed by atoms with van der Waals surface area (Å²) in [6, 6.07) is 0. The van der Waals surface area contributed by atoms with Crippen LogP contribution in [0.1, 0.15) is 20.8 Å². The lowest BCUT2D eigenvalue weighted by Crippen LogP contribution is -2.27. The molecule has 5 heteroatoms. The van der Waals surface area contributed by atoms with Gasteiger partial charge in [0.2, 0.25) is 0 Å². The lowest BCUT2D eigenvalue weighted by atomic mass is 9.84. The smallest absolute Gasteiger partial charge is 0.345 e. The first-order valence-corrected chi connectivity index (χ1v) is 7.80. The monoisotopic (exact) mass is 275 g/mol. The van der Waals surface area contributed by atoms with Gasteiger partial charge in [-0.05, 0) is 16.3 Å². The molecule has 0 aromatic carbocycles. The van der Waals surface area contributed by atoms with Gasteiger partial charge in [-0.25, -0.2) is 9.59 Å². The second-order valence-electron chi connectivity index (χ2n) is 5.22. The van der Waals surface area contributed by atoms with Gasteiger partial charge in [-0.3, -0.25) is 0 Å². The summed E-state index contributed by atoms with van der Waals surface area (Å²) in [5.41, 5.74) is 0.540. The SMILES string of the molecule is COC(=O)C(C(=O)OC)=C(C[S+](C)C)C(C)(C)C. The number of methoxy groups -OCH3 is 2. The first kappa shape index (κ1) is 17.0. The summed E-state index contributed by atoms with van der Waals surface area (Å²) in [7, 11) is 2.61. The maximum atomic E-state index is 11.8. The lowest BCUT2D eigenvalue weighted by molar-refractivity contribution is -0.144. The van der Waals surface area contributed by atoms with Crippen LogP contribution in [0.3, 0.4) is 0 Å². The minimum Gasteiger partial charge on any atom is -0.465 e. The maximum Gasteiger partial charge on any atom is 0.345 e. The van der Waals surface area contributed by atoms with E-state index in [0.29, 0.717) is 5.75 Å². The highest BCUT2D eigenvalue weighted by atomic mass is 32.2. The highest BCUT2D eigenvalue weighted by Gasteiger charge is 2.33. The molecule has 0 saturated carbocycles. The predicted octanol–water partition coefficient (Wildman–Crippen LogP) is 1.55. The van der Waals surface area contributed by atoms with Gasteiger partial charge in [-0.1, -0.05) is 20.8 Å². The van der Waals surface area contributed by atoms with Crippen LogP contribution in [0.15, 0.2) is 11.1 Å². The zero-order valence-corrected chi connectivity index (χ0v) is 13.1. The largest absolute Gasteiger partial charge is 0.465 e. The van der Waals surface area contributed by atoms with Crippen molar-refractivity contribution in [1.82, 2.24) is 0 Å². The van der Waals surface area contributed by atoms with Crippen LogP contribution < -0.4 is 0 Å². The van der Waals surface area contributed by atoms with E-state index in [0.717, 1.165) is 5.57 Å². The molecule has 0 aliphatic rings. The highest BCUT2D eigenvalue weighted by molar-refractivity contribution is 7.95. The van der Waals surface area contributed by atoms with E-state index in [2.05, 4.69) is 12.5 Å².